The molecule has 0 aliphatic rings. The van der Waals surface area contributed by atoms with Crippen LogP contribution in [0.4, 0.5) is 0 Å². The number of aromatic nitrogens is 2. The molecular formula is C12H23N3O2. The molecule has 0 aromatic carbocycles. The van der Waals surface area contributed by atoms with Gasteiger partial charge in [0, 0.05) is 13.0 Å². The fourth-order valence-corrected chi connectivity index (χ4v) is 1.78. The Balaban J connectivity index is 2.61. The van der Waals surface area contributed by atoms with Crippen LogP contribution in [0.25, 0.3) is 0 Å². The molecule has 0 saturated carbocycles. The Morgan fingerprint density at radius 2 is 2.18 bits per heavy atom. The minimum atomic E-state index is 0.0648. The highest BCUT2D eigenvalue weighted by molar-refractivity contribution is 4.92. The smallest absolute Gasteiger partial charge is 0.243 e. The summed E-state index contributed by atoms with van der Waals surface area (Å²) in [5, 5.41) is 13.0. The summed E-state index contributed by atoms with van der Waals surface area (Å²) in [7, 11) is 0. The number of aryl methyl sites for hydroxylation is 1. The standard InChI is InChI=1S/C12H23N3O2/c1-4-6-7-11-13-12(17-14-11)10(3)15(5-2)8-9-16/h10,16H,4-9H2,1-3H3. The fraction of sp³-hybridized carbons (Fsp3) is 0.833. The number of unbranched alkanes of at least 4 members (excludes halogenated alkanes) is 1. The summed E-state index contributed by atoms with van der Waals surface area (Å²) in [6.07, 6.45) is 3.09. The molecule has 1 unspecified atom stereocenters. The van der Waals surface area contributed by atoms with Gasteiger partial charge in [-0.05, 0) is 19.9 Å². The van der Waals surface area contributed by atoms with E-state index in [0.29, 0.717) is 12.4 Å². The lowest BCUT2D eigenvalue weighted by Gasteiger charge is -2.23. The maximum Gasteiger partial charge on any atom is 0.243 e. The lowest BCUT2D eigenvalue weighted by Crippen LogP contribution is -2.29. The Hall–Kier alpha value is -0.940. The van der Waals surface area contributed by atoms with Crippen LogP contribution < -0.4 is 0 Å². The van der Waals surface area contributed by atoms with E-state index in [1.165, 1.54) is 0 Å². The summed E-state index contributed by atoms with van der Waals surface area (Å²) in [5.41, 5.74) is 0. The zero-order chi connectivity index (χ0) is 12.7. The van der Waals surface area contributed by atoms with E-state index >= 15 is 0 Å². The van der Waals surface area contributed by atoms with E-state index in [4.69, 9.17) is 9.63 Å². The molecule has 0 saturated heterocycles. The van der Waals surface area contributed by atoms with Crippen molar-refractivity contribution in [2.75, 3.05) is 19.7 Å². The van der Waals surface area contributed by atoms with Crippen LogP contribution in [0.5, 0.6) is 0 Å². The van der Waals surface area contributed by atoms with Gasteiger partial charge in [0.25, 0.3) is 0 Å². The van der Waals surface area contributed by atoms with E-state index in [-0.39, 0.29) is 12.6 Å². The number of nitrogens with zero attached hydrogens (tertiary/aromatic N) is 3. The molecule has 0 spiro atoms. The molecule has 0 radical (unpaired) electrons. The Labute approximate surface area is 103 Å². The second kappa shape index (κ2) is 7.40. The first kappa shape index (κ1) is 14.1. The molecule has 1 aromatic heterocycles. The Morgan fingerprint density at radius 1 is 1.41 bits per heavy atom. The second-order valence-electron chi connectivity index (χ2n) is 4.18. The van der Waals surface area contributed by atoms with E-state index in [9.17, 15) is 0 Å². The zero-order valence-electron chi connectivity index (χ0n) is 11.0. The molecule has 1 heterocycles. The molecular weight excluding hydrogens is 218 g/mol. The molecule has 0 aliphatic heterocycles. The highest BCUT2D eigenvalue weighted by atomic mass is 16.5. The van der Waals surface area contributed by atoms with E-state index in [0.717, 1.165) is 31.6 Å². The second-order valence-corrected chi connectivity index (χ2v) is 4.18. The van der Waals surface area contributed by atoms with Gasteiger partial charge in [-0.3, -0.25) is 4.90 Å². The molecule has 1 N–H and O–H groups in total. The van der Waals surface area contributed by atoms with Crippen molar-refractivity contribution in [1.29, 1.82) is 0 Å². The van der Waals surface area contributed by atoms with Crippen LogP contribution >= 0.6 is 0 Å². The van der Waals surface area contributed by atoms with Crippen LogP contribution in [0.3, 0.4) is 0 Å². The number of likely N-dealkylation sites (N-methyl/N-ethyl adjacent to an activating group) is 1. The maximum atomic E-state index is 8.98. The Kier molecular flexibility index (Phi) is 6.15. The average Bonchev–Trinajstić information content (AvgIpc) is 2.81. The summed E-state index contributed by atoms with van der Waals surface area (Å²) < 4.78 is 5.27. The Morgan fingerprint density at radius 3 is 2.76 bits per heavy atom. The lowest BCUT2D eigenvalue weighted by molar-refractivity contribution is 0.143. The van der Waals surface area contributed by atoms with E-state index in [1.807, 2.05) is 6.92 Å². The van der Waals surface area contributed by atoms with Crippen LogP contribution in [0.1, 0.15) is 51.4 Å². The van der Waals surface area contributed by atoms with E-state index in [1.54, 1.807) is 0 Å². The highest BCUT2D eigenvalue weighted by Gasteiger charge is 2.19. The number of hydrogen-bond acceptors (Lipinski definition) is 5. The van der Waals surface area contributed by atoms with Gasteiger partial charge in [-0.2, -0.15) is 4.98 Å². The molecule has 1 rings (SSSR count). The minimum Gasteiger partial charge on any atom is -0.395 e. The van der Waals surface area contributed by atoms with Crippen molar-refractivity contribution in [3.63, 3.8) is 0 Å². The third-order valence-electron chi connectivity index (χ3n) is 2.94. The van der Waals surface area contributed by atoms with Crippen LogP contribution in [0.15, 0.2) is 4.52 Å². The molecule has 17 heavy (non-hydrogen) atoms. The van der Waals surface area contributed by atoms with Crippen molar-refractivity contribution in [2.24, 2.45) is 0 Å². The van der Waals surface area contributed by atoms with Crippen molar-refractivity contribution in [1.82, 2.24) is 15.0 Å². The third-order valence-corrected chi connectivity index (χ3v) is 2.94. The number of hydrogen-bond donors (Lipinski definition) is 1. The summed E-state index contributed by atoms with van der Waals surface area (Å²) in [5.74, 6) is 1.43. The van der Waals surface area contributed by atoms with Gasteiger partial charge in [-0.1, -0.05) is 25.4 Å². The lowest BCUT2D eigenvalue weighted by atomic mass is 10.2. The number of aliphatic hydroxyl groups is 1. The predicted octanol–water partition coefficient (Wildman–Crippen LogP) is 1.79. The van der Waals surface area contributed by atoms with E-state index in [2.05, 4.69) is 28.9 Å². The molecule has 0 amide bonds. The third kappa shape index (κ3) is 4.09. The van der Waals surface area contributed by atoms with Gasteiger partial charge in [-0.15, -0.1) is 0 Å². The first-order valence-corrected chi connectivity index (χ1v) is 6.40. The number of aliphatic hydroxyl groups excluding tert-OH is 1. The summed E-state index contributed by atoms with van der Waals surface area (Å²) in [6, 6.07) is 0.0648. The molecule has 1 aromatic rings. The molecule has 0 aliphatic carbocycles. The highest BCUT2D eigenvalue weighted by Crippen LogP contribution is 2.18. The normalized spacial score (nSPS) is 13.2. The van der Waals surface area contributed by atoms with E-state index < -0.39 is 0 Å². The van der Waals surface area contributed by atoms with Gasteiger partial charge in [0.15, 0.2) is 5.82 Å². The zero-order valence-corrected chi connectivity index (χ0v) is 11.0. The minimum absolute atomic E-state index is 0.0648. The van der Waals surface area contributed by atoms with Crippen molar-refractivity contribution in [3.8, 4) is 0 Å². The number of rotatable bonds is 8. The molecule has 0 bridgehead atoms. The predicted molar refractivity (Wildman–Crippen MR) is 65.7 cm³/mol. The van der Waals surface area contributed by atoms with Gasteiger partial charge in [-0.25, -0.2) is 0 Å². The van der Waals surface area contributed by atoms with Crippen LogP contribution in [0.2, 0.25) is 0 Å². The summed E-state index contributed by atoms with van der Waals surface area (Å²) >= 11 is 0. The van der Waals surface area contributed by atoms with Gasteiger partial charge in [0.1, 0.15) is 0 Å². The SMILES string of the molecule is CCCCc1noc(C(C)N(CC)CCO)n1. The average molecular weight is 241 g/mol. The fourth-order valence-electron chi connectivity index (χ4n) is 1.78. The van der Waals surface area contributed by atoms with Gasteiger partial charge in [0.05, 0.1) is 12.6 Å². The van der Waals surface area contributed by atoms with Crippen molar-refractivity contribution in [2.45, 2.75) is 46.1 Å². The van der Waals surface area contributed by atoms with Gasteiger partial charge < -0.3 is 9.63 Å². The molecule has 5 nitrogen and oxygen atoms in total. The largest absolute Gasteiger partial charge is 0.395 e. The van der Waals surface area contributed by atoms with Crippen LogP contribution in [0, 0.1) is 0 Å². The van der Waals surface area contributed by atoms with Gasteiger partial charge >= 0.3 is 0 Å². The molecule has 98 valence electrons. The van der Waals surface area contributed by atoms with Crippen molar-refractivity contribution < 1.29 is 9.63 Å². The maximum absolute atomic E-state index is 8.98. The van der Waals surface area contributed by atoms with Crippen molar-refractivity contribution >= 4 is 0 Å². The summed E-state index contributed by atoms with van der Waals surface area (Å²) in [6.45, 7) is 7.86. The van der Waals surface area contributed by atoms with Crippen LogP contribution in [-0.2, 0) is 6.42 Å². The first-order chi connectivity index (χ1) is 8.22. The first-order valence-electron chi connectivity index (χ1n) is 6.40. The monoisotopic (exact) mass is 241 g/mol. The topological polar surface area (TPSA) is 62.4 Å². The molecule has 5 heteroatoms. The Bertz CT molecular complexity index is 314. The molecule has 1 atom stereocenters. The van der Waals surface area contributed by atoms with Gasteiger partial charge in [0.2, 0.25) is 5.89 Å². The van der Waals surface area contributed by atoms with Crippen LogP contribution in [-0.4, -0.2) is 39.8 Å². The van der Waals surface area contributed by atoms with Crippen molar-refractivity contribution in [3.05, 3.63) is 11.7 Å². The molecule has 0 fully saturated rings. The summed E-state index contributed by atoms with van der Waals surface area (Å²) in [4.78, 5) is 6.51. The quantitative estimate of drug-likeness (QED) is 0.751.